The van der Waals surface area contributed by atoms with E-state index in [4.69, 9.17) is 4.74 Å². The molecule has 2 amide bonds. The average Bonchev–Trinajstić information content (AvgIpc) is 2.61. The van der Waals surface area contributed by atoms with Crippen molar-refractivity contribution >= 4 is 11.8 Å². The molecule has 1 heterocycles. The third-order valence-corrected chi connectivity index (χ3v) is 4.62. The summed E-state index contributed by atoms with van der Waals surface area (Å²) >= 11 is 0. The lowest BCUT2D eigenvalue weighted by Crippen LogP contribution is -2.48. The Bertz CT molecular complexity index is 642. The van der Waals surface area contributed by atoms with Crippen molar-refractivity contribution in [1.29, 1.82) is 0 Å². The Hall–Kier alpha value is -2.30. The van der Waals surface area contributed by atoms with Crippen LogP contribution in [0.15, 0.2) is 36.4 Å². The van der Waals surface area contributed by atoms with Crippen molar-refractivity contribution in [1.82, 2.24) is 10.2 Å². The van der Waals surface area contributed by atoms with Gasteiger partial charge in [0.25, 0.3) is 5.91 Å². The molecule has 136 valence electrons. The number of carbonyl (C=O) groups is 2. The van der Waals surface area contributed by atoms with Gasteiger partial charge in [0, 0.05) is 19.5 Å². The van der Waals surface area contributed by atoms with Crippen LogP contribution in [0.4, 0.5) is 0 Å². The molecule has 0 unspecified atom stereocenters. The summed E-state index contributed by atoms with van der Waals surface area (Å²) in [5.41, 5.74) is 0.476. The molecule has 1 aromatic carbocycles. The Morgan fingerprint density at radius 2 is 1.84 bits per heavy atom. The second-order valence-electron chi connectivity index (χ2n) is 6.57. The van der Waals surface area contributed by atoms with E-state index >= 15 is 0 Å². The fraction of sp³-hybridized carbons (Fsp3) is 0.500. The topological polar surface area (TPSA) is 58.6 Å². The van der Waals surface area contributed by atoms with E-state index in [1.807, 2.05) is 19.9 Å². The fourth-order valence-electron chi connectivity index (χ4n) is 2.75. The van der Waals surface area contributed by atoms with Gasteiger partial charge in [-0.2, -0.15) is 0 Å². The molecule has 0 aromatic heterocycles. The first-order valence-corrected chi connectivity index (χ1v) is 8.92. The number of hydrogen-bond acceptors (Lipinski definition) is 3. The fourth-order valence-corrected chi connectivity index (χ4v) is 2.75. The van der Waals surface area contributed by atoms with Gasteiger partial charge in [0.15, 0.2) is 0 Å². The number of ether oxygens (including phenoxy) is 1. The molecule has 1 N–H and O–H groups in total. The van der Waals surface area contributed by atoms with E-state index in [-0.39, 0.29) is 24.0 Å². The molecule has 0 bridgehead atoms. The van der Waals surface area contributed by atoms with Gasteiger partial charge in [-0.15, -0.1) is 0 Å². The molecule has 2 rings (SSSR count). The van der Waals surface area contributed by atoms with Crippen molar-refractivity contribution in [2.45, 2.75) is 58.2 Å². The second kappa shape index (κ2) is 8.70. The van der Waals surface area contributed by atoms with Crippen LogP contribution in [0.25, 0.3) is 0 Å². The molecule has 5 heteroatoms. The van der Waals surface area contributed by atoms with Gasteiger partial charge in [-0.1, -0.05) is 31.2 Å². The molecule has 0 aliphatic carbocycles. The quantitative estimate of drug-likeness (QED) is 0.796. The van der Waals surface area contributed by atoms with Gasteiger partial charge >= 0.3 is 0 Å². The van der Waals surface area contributed by atoms with Crippen LogP contribution < -0.4 is 10.1 Å². The highest BCUT2D eigenvalue weighted by Gasteiger charge is 2.26. The Kier molecular flexibility index (Phi) is 6.62. The summed E-state index contributed by atoms with van der Waals surface area (Å²) in [5, 5.41) is 3.04. The largest absolute Gasteiger partial charge is 0.490 e. The predicted molar refractivity (Wildman–Crippen MR) is 98.7 cm³/mol. The van der Waals surface area contributed by atoms with Gasteiger partial charge in [0.2, 0.25) is 5.91 Å². The molecule has 1 aliphatic rings. The number of fused-ring (bicyclic) bond motifs is 1. The number of nitrogens with zero attached hydrogens (tertiary/aromatic N) is 1. The van der Waals surface area contributed by atoms with Crippen LogP contribution in [0.2, 0.25) is 0 Å². The van der Waals surface area contributed by atoms with Crippen molar-refractivity contribution in [2.24, 2.45) is 0 Å². The highest BCUT2D eigenvalue weighted by Crippen LogP contribution is 2.22. The molecule has 5 nitrogen and oxygen atoms in total. The van der Waals surface area contributed by atoms with E-state index in [9.17, 15) is 9.59 Å². The smallest absolute Gasteiger partial charge is 0.258 e. The molecule has 1 aromatic rings. The number of benzene rings is 1. The predicted octanol–water partition coefficient (Wildman–Crippen LogP) is 3.16. The Morgan fingerprint density at radius 3 is 2.56 bits per heavy atom. The SMILES string of the molecule is CC[C@@H]1C/C=C\C[C@@H](C)Oc2ccccc2C(=O)N(C)[C@@H](C)C(=O)N1. The number of carbonyl (C=O) groups excluding carboxylic acids is 2. The highest BCUT2D eigenvalue weighted by molar-refractivity contribution is 5.99. The van der Waals surface area contributed by atoms with E-state index < -0.39 is 6.04 Å². The summed E-state index contributed by atoms with van der Waals surface area (Å²) in [4.78, 5) is 26.9. The van der Waals surface area contributed by atoms with Crippen molar-refractivity contribution in [3.05, 3.63) is 42.0 Å². The molecular weight excluding hydrogens is 316 g/mol. The number of amides is 2. The lowest BCUT2D eigenvalue weighted by atomic mass is 10.1. The standard InChI is InChI=1S/C20H28N2O3/c1-5-16-11-7-6-10-14(2)25-18-13-9-8-12-17(18)20(24)22(4)15(3)19(23)21-16/h6-9,12-16H,5,10-11H2,1-4H3,(H,21,23)/b7-6-/t14-,15+,16-/m1/s1. The molecule has 3 atom stereocenters. The monoisotopic (exact) mass is 344 g/mol. The first kappa shape index (κ1) is 19.0. The molecule has 0 radical (unpaired) electrons. The summed E-state index contributed by atoms with van der Waals surface area (Å²) in [6.07, 6.45) is 6.49. The zero-order valence-corrected chi connectivity index (χ0v) is 15.5. The maximum Gasteiger partial charge on any atom is 0.258 e. The minimum Gasteiger partial charge on any atom is -0.490 e. The van der Waals surface area contributed by atoms with Crippen molar-refractivity contribution in [2.75, 3.05) is 7.05 Å². The van der Waals surface area contributed by atoms with Crippen LogP contribution >= 0.6 is 0 Å². The molecule has 0 saturated carbocycles. The Balaban J connectivity index is 2.34. The van der Waals surface area contributed by atoms with E-state index in [1.54, 1.807) is 32.2 Å². The third-order valence-electron chi connectivity index (χ3n) is 4.62. The molecular formula is C20H28N2O3. The van der Waals surface area contributed by atoms with Gasteiger partial charge in [-0.3, -0.25) is 9.59 Å². The molecule has 0 saturated heterocycles. The van der Waals surface area contributed by atoms with Crippen LogP contribution in [0.3, 0.4) is 0 Å². The van der Waals surface area contributed by atoms with Gasteiger partial charge in [0.05, 0.1) is 11.7 Å². The number of para-hydroxylation sites is 1. The van der Waals surface area contributed by atoms with E-state index in [1.165, 1.54) is 4.90 Å². The zero-order chi connectivity index (χ0) is 18.4. The number of hydrogen-bond donors (Lipinski definition) is 1. The van der Waals surface area contributed by atoms with Crippen LogP contribution in [-0.4, -0.2) is 41.9 Å². The minimum atomic E-state index is -0.557. The maximum atomic E-state index is 12.9. The van der Waals surface area contributed by atoms with Gasteiger partial charge < -0.3 is 15.0 Å². The van der Waals surface area contributed by atoms with Gasteiger partial charge in [-0.05, 0) is 38.8 Å². The number of likely N-dealkylation sites (N-methyl/N-ethyl adjacent to an activating group) is 1. The molecule has 25 heavy (non-hydrogen) atoms. The van der Waals surface area contributed by atoms with Crippen LogP contribution in [-0.2, 0) is 4.79 Å². The van der Waals surface area contributed by atoms with E-state index in [0.717, 1.165) is 19.3 Å². The van der Waals surface area contributed by atoms with E-state index in [2.05, 4.69) is 17.5 Å². The van der Waals surface area contributed by atoms with Crippen LogP contribution in [0.1, 0.15) is 50.4 Å². The first-order valence-electron chi connectivity index (χ1n) is 8.92. The summed E-state index contributed by atoms with van der Waals surface area (Å²) in [6.45, 7) is 5.78. The van der Waals surface area contributed by atoms with E-state index in [0.29, 0.717) is 11.3 Å². The lowest BCUT2D eigenvalue weighted by Gasteiger charge is -2.27. The first-order chi connectivity index (χ1) is 11.9. The normalized spacial score (nSPS) is 26.9. The molecule has 1 aliphatic heterocycles. The summed E-state index contributed by atoms with van der Waals surface area (Å²) < 4.78 is 5.98. The summed E-state index contributed by atoms with van der Waals surface area (Å²) in [6, 6.07) is 6.70. The van der Waals surface area contributed by atoms with Crippen molar-refractivity contribution in [3.63, 3.8) is 0 Å². The van der Waals surface area contributed by atoms with Gasteiger partial charge in [-0.25, -0.2) is 0 Å². The highest BCUT2D eigenvalue weighted by atomic mass is 16.5. The number of nitrogens with one attached hydrogen (secondary N) is 1. The molecule has 0 fully saturated rings. The van der Waals surface area contributed by atoms with Crippen LogP contribution in [0.5, 0.6) is 5.75 Å². The Labute approximate surface area is 150 Å². The zero-order valence-electron chi connectivity index (χ0n) is 15.5. The average molecular weight is 344 g/mol. The molecule has 0 spiro atoms. The minimum absolute atomic E-state index is 0.0365. The van der Waals surface area contributed by atoms with Gasteiger partial charge in [0.1, 0.15) is 11.8 Å². The number of rotatable bonds is 1. The van der Waals surface area contributed by atoms with Crippen LogP contribution in [0, 0.1) is 0 Å². The second-order valence-corrected chi connectivity index (χ2v) is 6.57. The summed E-state index contributed by atoms with van der Waals surface area (Å²) in [5.74, 6) is 0.197. The Morgan fingerprint density at radius 1 is 1.16 bits per heavy atom. The van der Waals surface area contributed by atoms with Crippen molar-refractivity contribution in [3.8, 4) is 5.75 Å². The third kappa shape index (κ3) is 4.84. The summed E-state index contributed by atoms with van der Waals surface area (Å²) in [7, 11) is 1.65. The maximum absolute atomic E-state index is 12.9. The van der Waals surface area contributed by atoms with Crippen molar-refractivity contribution < 1.29 is 14.3 Å². The lowest BCUT2D eigenvalue weighted by molar-refractivity contribution is -0.125.